The maximum atomic E-state index is 14.5. The molecule has 0 unspecified atom stereocenters. The van der Waals surface area contributed by atoms with Gasteiger partial charge in [0.25, 0.3) is 0 Å². The zero-order valence-corrected chi connectivity index (χ0v) is 22.9. The molecule has 204 valence electrons. The summed E-state index contributed by atoms with van der Waals surface area (Å²) in [6.45, 7) is 5.97. The Hall–Kier alpha value is -4.29. The van der Waals surface area contributed by atoms with Gasteiger partial charge in [-0.15, -0.1) is 0 Å². The van der Waals surface area contributed by atoms with Gasteiger partial charge in [0.05, 0.1) is 30.5 Å². The summed E-state index contributed by atoms with van der Waals surface area (Å²) in [4.78, 5) is 11.7. The predicted molar refractivity (Wildman–Crippen MR) is 157 cm³/mol. The molecule has 2 atom stereocenters. The number of aliphatic carboxylic acids is 1. The number of rotatable bonds is 8. The van der Waals surface area contributed by atoms with Gasteiger partial charge in [0.1, 0.15) is 5.82 Å². The molecule has 0 saturated heterocycles. The number of carboxylic acid groups (broad SMARTS) is 1. The highest BCUT2D eigenvalue weighted by Crippen LogP contribution is 2.33. The van der Waals surface area contributed by atoms with E-state index in [0.717, 1.165) is 44.8 Å². The Bertz CT molecular complexity index is 1580. The number of hydrazone groups is 1. The SMILES string of the molecule is Cc1cccc(C2=NN(c3ccc(Cc4ccc(-c5cc(CO)ccc5F)cc4C)cc3)[C@@H](CC(=O)O)[C@@H]2C)c1. The minimum Gasteiger partial charge on any atom is -0.481 e. The van der Waals surface area contributed by atoms with Gasteiger partial charge >= 0.3 is 5.97 Å². The molecule has 0 aromatic heterocycles. The van der Waals surface area contributed by atoms with Crippen LogP contribution in [0.2, 0.25) is 0 Å². The van der Waals surface area contributed by atoms with Crippen molar-refractivity contribution in [3.8, 4) is 11.1 Å². The van der Waals surface area contributed by atoms with Gasteiger partial charge in [0, 0.05) is 11.5 Å². The monoisotopic (exact) mass is 536 g/mol. The molecule has 4 aromatic carbocycles. The summed E-state index contributed by atoms with van der Waals surface area (Å²) in [5, 5.41) is 25.8. The first-order chi connectivity index (χ1) is 19.2. The molecule has 0 amide bonds. The van der Waals surface area contributed by atoms with Crippen LogP contribution >= 0.6 is 0 Å². The number of halogens is 1. The first kappa shape index (κ1) is 27.3. The van der Waals surface area contributed by atoms with Crippen molar-refractivity contribution in [1.29, 1.82) is 0 Å². The molecule has 5 rings (SSSR count). The van der Waals surface area contributed by atoms with Crippen LogP contribution in [0, 0.1) is 25.6 Å². The van der Waals surface area contributed by atoms with E-state index in [0.29, 0.717) is 17.5 Å². The number of benzene rings is 4. The molecule has 4 aromatic rings. The van der Waals surface area contributed by atoms with Crippen molar-refractivity contribution in [3.05, 3.63) is 124 Å². The van der Waals surface area contributed by atoms with E-state index in [-0.39, 0.29) is 30.8 Å². The van der Waals surface area contributed by atoms with E-state index in [4.69, 9.17) is 5.10 Å². The fourth-order valence-electron chi connectivity index (χ4n) is 5.43. The lowest BCUT2D eigenvalue weighted by Gasteiger charge is -2.25. The third-order valence-corrected chi connectivity index (χ3v) is 7.70. The summed E-state index contributed by atoms with van der Waals surface area (Å²) >= 11 is 0. The summed E-state index contributed by atoms with van der Waals surface area (Å²) in [7, 11) is 0. The Morgan fingerprint density at radius 3 is 2.35 bits per heavy atom. The molecule has 1 heterocycles. The molecule has 0 aliphatic carbocycles. The van der Waals surface area contributed by atoms with Gasteiger partial charge in [-0.2, -0.15) is 5.10 Å². The van der Waals surface area contributed by atoms with Crippen LogP contribution in [-0.4, -0.2) is 27.9 Å². The second-order valence-corrected chi connectivity index (χ2v) is 10.6. The van der Waals surface area contributed by atoms with Gasteiger partial charge in [-0.05, 0) is 77.9 Å². The zero-order chi connectivity index (χ0) is 28.4. The van der Waals surface area contributed by atoms with Gasteiger partial charge in [-0.3, -0.25) is 9.80 Å². The Labute approximate surface area is 234 Å². The highest BCUT2D eigenvalue weighted by molar-refractivity contribution is 6.05. The fourth-order valence-corrected chi connectivity index (χ4v) is 5.43. The fraction of sp³-hybridized carbons (Fsp3) is 0.235. The molecule has 0 bridgehead atoms. The first-order valence-corrected chi connectivity index (χ1v) is 13.5. The highest BCUT2D eigenvalue weighted by atomic mass is 19.1. The predicted octanol–water partition coefficient (Wildman–Crippen LogP) is 6.90. The van der Waals surface area contributed by atoms with E-state index in [2.05, 4.69) is 18.2 Å². The van der Waals surface area contributed by atoms with Crippen LogP contribution in [0.15, 0.2) is 90.0 Å². The van der Waals surface area contributed by atoms with Gasteiger partial charge in [-0.25, -0.2) is 4.39 Å². The highest BCUT2D eigenvalue weighted by Gasteiger charge is 2.37. The number of aryl methyl sites for hydroxylation is 2. The first-order valence-electron chi connectivity index (χ1n) is 13.5. The van der Waals surface area contributed by atoms with E-state index in [9.17, 15) is 19.4 Å². The lowest BCUT2D eigenvalue weighted by molar-refractivity contribution is -0.137. The third-order valence-electron chi connectivity index (χ3n) is 7.70. The Balaban J connectivity index is 1.38. The van der Waals surface area contributed by atoms with E-state index in [1.807, 2.05) is 74.3 Å². The number of aliphatic hydroxyl groups excluding tert-OH is 1. The minimum atomic E-state index is -0.846. The zero-order valence-electron chi connectivity index (χ0n) is 22.9. The molecule has 1 aliphatic heterocycles. The van der Waals surface area contributed by atoms with Crippen LogP contribution in [0.5, 0.6) is 0 Å². The lowest BCUT2D eigenvalue weighted by atomic mass is 9.90. The average molecular weight is 537 g/mol. The van der Waals surface area contributed by atoms with E-state index in [1.165, 1.54) is 6.07 Å². The van der Waals surface area contributed by atoms with Crippen LogP contribution in [0.25, 0.3) is 11.1 Å². The Kier molecular flexibility index (Phi) is 7.81. The minimum absolute atomic E-state index is 0.00488. The van der Waals surface area contributed by atoms with Crippen LogP contribution in [0.4, 0.5) is 10.1 Å². The van der Waals surface area contributed by atoms with E-state index in [1.54, 1.807) is 12.1 Å². The second kappa shape index (κ2) is 11.4. The summed E-state index contributed by atoms with van der Waals surface area (Å²) in [5.41, 5.74) is 9.13. The van der Waals surface area contributed by atoms with Crippen molar-refractivity contribution >= 4 is 17.4 Å². The van der Waals surface area contributed by atoms with Crippen molar-refractivity contribution in [2.45, 2.75) is 46.3 Å². The molecule has 0 fully saturated rings. The molecule has 1 aliphatic rings. The number of carboxylic acids is 1. The molecule has 5 nitrogen and oxygen atoms in total. The molecule has 0 radical (unpaired) electrons. The summed E-state index contributed by atoms with van der Waals surface area (Å²) in [6, 6.07) is 26.6. The number of aliphatic hydroxyl groups is 1. The number of nitrogens with zero attached hydrogens (tertiary/aromatic N) is 2. The topological polar surface area (TPSA) is 73.1 Å². The number of hydrogen-bond donors (Lipinski definition) is 2. The van der Waals surface area contributed by atoms with Crippen molar-refractivity contribution in [1.82, 2.24) is 0 Å². The van der Waals surface area contributed by atoms with Gasteiger partial charge in [-0.1, -0.05) is 73.2 Å². The van der Waals surface area contributed by atoms with Crippen molar-refractivity contribution < 1.29 is 19.4 Å². The van der Waals surface area contributed by atoms with Gasteiger partial charge in [0.15, 0.2) is 0 Å². The lowest BCUT2D eigenvalue weighted by Crippen LogP contribution is -2.34. The maximum Gasteiger partial charge on any atom is 0.305 e. The maximum absolute atomic E-state index is 14.5. The molecule has 0 saturated carbocycles. The van der Waals surface area contributed by atoms with E-state index >= 15 is 0 Å². The largest absolute Gasteiger partial charge is 0.481 e. The van der Waals surface area contributed by atoms with Crippen LogP contribution in [-0.2, 0) is 17.8 Å². The smallest absolute Gasteiger partial charge is 0.305 e. The van der Waals surface area contributed by atoms with Crippen molar-refractivity contribution in [2.75, 3.05) is 5.01 Å². The third kappa shape index (κ3) is 5.68. The molecule has 6 heteroatoms. The second-order valence-electron chi connectivity index (χ2n) is 10.6. The van der Waals surface area contributed by atoms with E-state index < -0.39 is 5.97 Å². The standard InChI is InChI=1S/C34H33FN2O3/c1-21-5-4-6-28(15-21)34-23(3)32(19-33(39)40)37(36-34)29-12-7-24(8-13-29)17-26-10-11-27(16-22(26)2)30-18-25(20-38)9-14-31(30)35/h4-16,18,23,32,38H,17,19-20H2,1-3H3,(H,39,40)/t23-,32-/m0/s1. The number of hydrogen-bond acceptors (Lipinski definition) is 4. The molecular weight excluding hydrogens is 503 g/mol. The van der Waals surface area contributed by atoms with Crippen LogP contribution in [0.3, 0.4) is 0 Å². The van der Waals surface area contributed by atoms with Gasteiger partial charge in [0.2, 0.25) is 0 Å². The number of anilines is 1. The van der Waals surface area contributed by atoms with Gasteiger partial charge < -0.3 is 10.2 Å². The van der Waals surface area contributed by atoms with Crippen LogP contribution < -0.4 is 5.01 Å². The number of carbonyl (C=O) groups is 1. The Morgan fingerprint density at radius 1 is 0.925 bits per heavy atom. The van der Waals surface area contributed by atoms with Crippen molar-refractivity contribution in [3.63, 3.8) is 0 Å². The molecule has 2 N–H and O–H groups in total. The molecular formula is C34H33FN2O3. The average Bonchev–Trinajstić information content (AvgIpc) is 3.25. The molecule has 40 heavy (non-hydrogen) atoms. The quantitative estimate of drug-likeness (QED) is 0.257. The summed E-state index contributed by atoms with van der Waals surface area (Å²) in [5.74, 6) is -1.20. The van der Waals surface area contributed by atoms with Crippen molar-refractivity contribution in [2.24, 2.45) is 11.0 Å². The summed E-state index contributed by atoms with van der Waals surface area (Å²) < 4.78 is 14.5. The summed E-state index contributed by atoms with van der Waals surface area (Å²) in [6.07, 6.45) is 0.702. The Morgan fingerprint density at radius 2 is 1.68 bits per heavy atom. The van der Waals surface area contributed by atoms with Crippen LogP contribution in [0.1, 0.15) is 46.7 Å². The normalized spacial score (nSPS) is 16.7. The molecule has 0 spiro atoms.